The van der Waals surface area contributed by atoms with Crippen LogP contribution in [0.3, 0.4) is 0 Å². The summed E-state index contributed by atoms with van der Waals surface area (Å²) in [6.07, 6.45) is 3.82. The molecule has 1 aromatic carbocycles. The number of sulfone groups is 1. The molecule has 0 aromatic heterocycles. The van der Waals surface area contributed by atoms with Gasteiger partial charge in [-0.1, -0.05) is 19.1 Å². The standard InChI is InChI=1S/C16H24O3S/c1-4-6-15(17)8-5-7-14-9-11-16(12-10-14)20(18,19)13(2)3/h9-13H,4-8H2,1-3H3. The summed E-state index contributed by atoms with van der Waals surface area (Å²) in [5, 5.41) is -0.403. The average molecular weight is 296 g/mol. The van der Waals surface area contributed by atoms with Gasteiger partial charge in [-0.05, 0) is 50.8 Å². The van der Waals surface area contributed by atoms with Crippen molar-refractivity contribution in [3.63, 3.8) is 0 Å². The van der Waals surface area contributed by atoms with Crippen molar-refractivity contribution < 1.29 is 13.2 Å². The van der Waals surface area contributed by atoms with Crippen LogP contribution in [0.4, 0.5) is 0 Å². The summed E-state index contributed by atoms with van der Waals surface area (Å²) in [4.78, 5) is 11.8. The molecule has 1 rings (SSSR count). The zero-order valence-corrected chi connectivity index (χ0v) is 13.4. The van der Waals surface area contributed by atoms with E-state index in [0.717, 1.165) is 24.8 Å². The van der Waals surface area contributed by atoms with E-state index in [1.165, 1.54) is 0 Å². The summed E-state index contributed by atoms with van der Waals surface area (Å²) in [5.74, 6) is 0.312. The molecule has 3 nitrogen and oxygen atoms in total. The van der Waals surface area contributed by atoms with Crippen molar-refractivity contribution in [3.05, 3.63) is 29.8 Å². The molecule has 0 saturated carbocycles. The molecular weight excluding hydrogens is 272 g/mol. The van der Waals surface area contributed by atoms with E-state index in [-0.39, 0.29) is 0 Å². The van der Waals surface area contributed by atoms with Crippen LogP contribution in [0.25, 0.3) is 0 Å². The monoisotopic (exact) mass is 296 g/mol. The Hall–Kier alpha value is -1.16. The molecule has 0 bridgehead atoms. The topological polar surface area (TPSA) is 51.2 Å². The molecule has 0 aliphatic heterocycles. The average Bonchev–Trinajstić information content (AvgIpc) is 2.39. The first kappa shape index (κ1) is 16.9. The summed E-state index contributed by atoms with van der Waals surface area (Å²) >= 11 is 0. The zero-order valence-electron chi connectivity index (χ0n) is 12.6. The number of hydrogen-bond acceptors (Lipinski definition) is 3. The smallest absolute Gasteiger partial charge is 0.180 e. The molecule has 0 fully saturated rings. The van der Waals surface area contributed by atoms with E-state index >= 15 is 0 Å². The molecular formula is C16H24O3S. The second-order valence-corrected chi connectivity index (χ2v) is 7.88. The van der Waals surface area contributed by atoms with Crippen LogP contribution in [0.1, 0.15) is 52.0 Å². The Morgan fingerprint density at radius 3 is 2.20 bits per heavy atom. The van der Waals surface area contributed by atoms with Crippen LogP contribution in [0.2, 0.25) is 0 Å². The van der Waals surface area contributed by atoms with Crippen molar-refractivity contribution in [2.45, 2.75) is 63.0 Å². The largest absolute Gasteiger partial charge is 0.300 e. The van der Waals surface area contributed by atoms with Crippen LogP contribution in [0.15, 0.2) is 29.2 Å². The molecule has 0 aliphatic carbocycles. The van der Waals surface area contributed by atoms with E-state index in [0.29, 0.717) is 23.5 Å². The van der Waals surface area contributed by atoms with Crippen molar-refractivity contribution in [1.29, 1.82) is 0 Å². The van der Waals surface area contributed by atoms with Gasteiger partial charge in [0, 0.05) is 12.8 Å². The van der Waals surface area contributed by atoms with Gasteiger partial charge in [0.15, 0.2) is 9.84 Å². The van der Waals surface area contributed by atoms with Crippen LogP contribution < -0.4 is 0 Å². The van der Waals surface area contributed by atoms with Gasteiger partial charge < -0.3 is 0 Å². The minimum Gasteiger partial charge on any atom is -0.300 e. The van der Waals surface area contributed by atoms with Gasteiger partial charge in [0.1, 0.15) is 5.78 Å². The summed E-state index contributed by atoms with van der Waals surface area (Å²) in [6, 6.07) is 7.02. The SMILES string of the molecule is CCCC(=O)CCCc1ccc(S(=O)(=O)C(C)C)cc1. The first-order valence-corrected chi connectivity index (χ1v) is 8.77. The molecule has 1 aromatic rings. The van der Waals surface area contributed by atoms with Crippen molar-refractivity contribution in [1.82, 2.24) is 0 Å². The molecule has 0 aliphatic rings. The van der Waals surface area contributed by atoms with Crippen LogP contribution >= 0.6 is 0 Å². The molecule has 0 saturated heterocycles. The van der Waals surface area contributed by atoms with Gasteiger partial charge in [-0.15, -0.1) is 0 Å². The minimum atomic E-state index is -3.19. The molecule has 0 atom stereocenters. The van der Waals surface area contributed by atoms with E-state index in [1.54, 1.807) is 26.0 Å². The maximum absolute atomic E-state index is 12.0. The quantitative estimate of drug-likeness (QED) is 0.737. The molecule has 112 valence electrons. The van der Waals surface area contributed by atoms with E-state index in [1.807, 2.05) is 19.1 Å². The fourth-order valence-electron chi connectivity index (χ4n) is 2.01. The van der Waals surface area contributed by atoms with Gasteiger partial charge >= 0.3 is 0 Å². The molecule has 20 heavy (non-hydrogen) atoms. The number of carbonyl (C=O) groups is 1. The second-order valence-electron chi connectivity index (χ2n) is 5.38. The second kappa shape index (κ2) is 7.58. The summed E-state index contributed by atoms with van der Waals surface area (Å²) in [5.41, 5.74) is 1.08. The Bertz CT molecular complexity index is 527. The van der Waals surface area contributed by atoms with Crippen LogP contribution in [0, 0.1) is 0 Å². The lowest BCUT2D eigenvalue weighted by Crippen LogP contribution is -2.13. The zero-order chi connectivity index (χ0) is 15.2. The third-order valence-corrected chi connectivity index (χ3v) is 5.49. The third-order valence-electron chi connectivity index (χ3n) is 3.32. The molecule has 0 heterocycles. The highest BCUT2D eigenvalue weighted by atomic mass is 32.2. The van der Waals surface area contributed by atoms with Gasteiger partial charge in [-0.2, -0.15) is 0 Å². The minimum absolute atomic E-state index is 0.312. The fourth-order valence-corrected chi connectivity index (χ4v) is 3.07. The highest BCUT2D eigenvalue weighted by Gasteiger charge is 2.18. The number of benzene rings is 1. The predicted octanol–water partition coefficient (Wildman–Crippen LogP) is 3.56. The maximum atomic E-state index is 12.0. The fraction of sp³-hybridized carbons (Fsp3) is 0.562. The number of rotatable bonds is 8. The molecule has 0 N–H and O–H groups in total. The number of hydrogen-bond donors (Lipinski definition) is 0. The third kappa shape index (κ3) is 4.75. The van der Waals surface area contributed by atoms with Gasteiger partial charge in [0.25, 0.3) is 0 Å². The van der Waals surface area contributed by atoms with Crippen LogP contribution in [-0.2, 0) is 21.1 Å². The Labute approximate surface area is 122 Å². The predicted molar refractivity (Wildman–Crippen MR) is 81.6 cm³/mol. The molecule has 0 radical (unpaired) electrons. The highest BCUT2D eigenvalue weighted by Crippen LogP contribution is 2.17. The van der Waals surface area contributed by atoms with Gasteiger partial charge in [0.05, 0.1) is 10.1 Å². The lowest BCUT2D eigenvalue weighted by molar-refractivity contribution is -0.119. The highest BCUT2D eigenvalue weighted by molar-refractivity contribution is 7.92. The van der Waals surface area contributed by atoms with Crippen LogP contribution in [0.5, 0.6) is 0 Å². The number of ketones is 1. The first-order valence-electron chi connectivity index (χ1n) is 7.22. The molecule has 0 amide bonds. The van der Waals surface area contributed by atoms with E-state index < -0.39 is 15.1 Å². The van der Waals surface area contributed by atoms with E-state index in [2.05, 4.69) is 0 Å². The van der Waals surface area contributed by atoms with E-state index in [9.17, 15) is 13.2 Å². The Kier molecular flexibility index (Phi) is 6.40. The lowest BCUT2D eigenvalue weighted by Gasteiger charge is -2.08. The van der Waals surface area contributed by atoms with Crippen molar-refractivity contribution in [3.8, 4) is 0 Å². The number of aryl methyl sites for hydroxylation is 1. The molecule has 0 spiro atoms. The lowest BCUT2D eigenvalue weighted by atomic mass is 10.1. The number of Topliss-reactive ketones (excluding diaryl/α,β-unsaturated/α-hetero) is 1. The van der Waals surface area contributed by atoms with E-state index in [4.69, 9.17) is 0 Å². The van der Waals surface area contributed by atoms with Gasteiger partial charge in [-0.25, -0.2) is 8.42 Å². The van der Waals surface area contributed by atoms with Crippen molar-refractivity contribution >= 4 is 15.6 Å². The molecule has 4 heteroatoms. The van der Waals surface area contributed by atoms with Crippen LogP contribution in [-0.4, -0.2) is 19.5 Å². The normalized spacial score (nSPS) is 11.8. The van der Waals surface area contributed by atoms with Crippen molar-refractivity contribution in [2.75, 3.05) is 0 Å². The number of carbonyl (C=O) groups excluding carboxylic acids is 1. The summed E-state index contributed by atoms with van der Waals surface area (Å²) in [7, 11) is -3.19. The molecule has 0 unspecified atom stereocenters. The maximum Gasteiger partial charge on any atom is 0.180 e. The summed E-state index contributed by atoms with van der Waals surface area (Å²) < 4.78 is 23.9. The Morgan fingerprint density at radius 2 is 1.70 bits per heavy atom. The van der Waals surface area contributed by atoms with Gasteiger partial charge in [0.2, 0.25) is 0 Å². The Morgan fingerprint density at radius 1 is 1.10 bits per heavy atom. The summed E-state index contributed by atoms with van der Waals surface area (Å²) in [6.45, 7) is 5.37. The van der Waals surface area contributed by atoms with Crippen molar-refractivity contribution in [2.24, 2.45) is 0 Å². The Balaban J connectivity index is 2.58. The first-order chi connectivity index (χ1) is 9.37. The van der Waals surface area contributed by atoms with Gasteiger partial charge in [-0.3, -0.25) is 4.79 Å².